The van der Waals surface area contributed by atoms with E-state index in [1.807, 2.05) is 0 Å². The van der Waals surface area contributed by atoms with Crippen molar-refractivity contribution in [3.8, 4) is 0 Å². The van der Waals surface area contributed by atoms with Crippen LogP contribution in [0.5, 0.6) is 0 Å². The van der Waals surface area contributed by atoms with E-state index >= 15 is 0 Å². The van der Waals surface area contributed by atoms with E-state index in [0.29, 0.717) is 0 Å². The molecule has 104 valence electrons. The molecule has 4 nitrogen and oxygen atoms in total. The highest BCUT2D eigenvalue weighted by Crippen LogP contribution is 2.25. The first-order valence-electron chi connectivity index (χ1n) is 7.33. The minimum Gasteiger partial charge on any atom is -0.480 e. The molecule has 4 heteroatoms. The molecule has 2 fully saturated rings. The monoisotopic (exact) mass is 255 g/mol. The summed E-state index contributed by atoms with van der Waals surface area (Å²) in [5, 5.41) is 8.60. The summed E-state index contributed by atoms with van der Waals surface area (Å²) in [6, 6.07) is 0.771. The van der Waals surface area contributed by atoms with Crippen LogP contribution < -0.4 is 0 Å². The normalized spacial score (nSPS) is 24.9. The molecule has 1 aliphatic heterocycles. The van der Waals surface area contributed by atoms with Gasteiger partial charge < -0.3 is 14.7 Å². The van der Waals surface area contributed by atoms with Crippen molar-refractivity contribution in [2.75, 3.05) is 19.7 Å². The molecule has 0 atom stereocenters. The summed E-state index contributed by atoms with van der Waals surface area (Å²) in [6.07, 6.45) is 10.4. The molecule has 1 heterocycles. The summed E-state index contributed by atoms with van der Waals surface area (Å²) in [7, 11) is 0. The Balaban J connectivity index is 1.70. The van der Waals surface area contributed by atoms with Gasteiger partial charge in [0.2, 0.25) is 0 Å². The Hall–Kier alpha value is -0.610. The molecule has 0 radical (unpaired) electrons. The molecule has 1 N–H and O–H groups in total. The molecular weight excluding hydrogens is 230 g/mol. The number of nitrogens with zero attached hydrogens (tertiary/aromatic N) is 1. The number of hydrogen-bond donors (Lipinski definition) is 1. The minimum atomic E-state index is -0.860. The molecule has 0 amide bonds. The van der Waals surface area contributed by atoms with Gasteiger partial charge in [0.15, 0.2) is 0 Å². The standard InChI is InChI=1S/C14H25NO3/c16-14(17)11-18-13-7-9-15(10-8-13)12-5-3-1-2-4-6-12/h12-13H,1-11H2,(H,16,17). The van der Waals surface area contributed by atoms with Crippen LogP contribution in [0.25, 0.3) is 0 Å². The number of ether oxygens (including phenoxy) is 1. The Morgan fingerprint density at radius 3 is 2.22 bits per heavy atom. The average Bonchev–Trinajstić information content (AvgIpc) is 2.66. The average molecular weight is 255 g/mol. The first-order valence-corrected chi connectivity index (χ1v) is 7.33. The summed E-state index contributed by atoms with van der Waals surface area (Å²) in [6.45, 7) is 2.01. The Bertz CT molecular complexity index is 254. The molecule has 0 unspecified atom stereocenters. The fourth-order valence-electron chi connectivity index (χ4n) is 3.22. The van der Waals surface area contributed by atoms with Crippen LogP contribution in [0.3, 0.4) is 0 Å². The first kappa shape index (κ1) is 13.8. The van der Waals surface area contributed by atoms with Crippen molar-refractivity contribution in [1.82, 2.24) is 4.90 Å². The molecule has 1 aliphatic carbocycles. The molecule has 0 aromatic rings. The van der Waals surface area contributed by atoms with Crippen LogP contribution in [0.15, 0.2) is 0 Å². The van der Waals surface area contributed by atoms with Crippen LogP contribution in [0.2, 0.25) is 0 Å². The van der Waals surface area contributed by atoms with Crippen LogP contribution in [-0.2, 0) is 9.53 Å². The van der Waals surface area contributed by atoms with Crippen molar-refractivity contribution in [3.05, 3.63) is 0 Å². The van der Waals surface area contributed by atoms with Crippen molar-refractivity contribution >= 4 is 5.97 Å². The Morgan fingerprint density at radius 1 is 1.06 bits per heavy atom. The lowest BCUT2D eigenvalue weighted by atomic mass is 10.0. The number of aliphatic carboxylic acids is 1. The number of carboxylic acid groups (broad SMARTS) is 1. The Kier molecular flexibility index (Phi) is 5.45. The van der Waals surface area contributed by atoms with E-state index in [9.17, 15) is 4.79 Å². The largest absolute Gasteiger partial charge is 0.480 e. The van der Waals surface area contributed by atoms with Gasteiger partial charge in [0.05, 0.1) is 6.10 Å². The van der Waals surface area contributed by atoms with Gasteiger partial charge in [-0.2, -0.15) is 0 Å². The predicted molar refractivity (Wildman–Crippen MR) is 69.7 cm³/mol. The number of carbonyl (C=O) groups is 1. The molecule has 18 heavy (non-hydrogen) atoms. The number of rotatable bonds is 4. The summed E-state index contributed by atoms with van der Waals surface area (Å²) < 4.78 is 5.38. The molecule has 2 rings (SSSR count). The smallest absolute Gasteiger partial charge is 0.329 e. The third-order valence-electron chi connectivity index (χ3n) is 4.26. The number of likely N-dealkylation sites (tertiary alicyclic amines) is 1. The Morgan fingerprint density at radius 2 is 1.67 bits per heavy atom. The molecule has 1 saturated heterocycles. The second kappa shape index (κ2) is 7.10. The number of piperidine rings is 1. The highest BCUT2D eigenvalue weighted by molar-refractivity contribution is 5.68. The second-order valence-electron chi connectivity index (χ2n) is 5.59. The molecule has 0 aromatic carbocycles. The molecule has 0 spiro atoms. The molecule has 2 aliphatic rings. The summed E-state index contributed by atoms with van der Waals surface area (Å²) >= 11 is 0. The molecule has 0 aromatic heterocycles. The maximum absolute atomic E-state index is 10.5. The van der Waals surface area contributed by atoms with Gasteiger partial charge in [-0.25, -0.2) is 4.79 Å². The van der Waals surface area contributed by atoms with E-state index in [1.54, 1.807) is 0 Å². The highest BCUT2D eigenvalue weighted by atomic mass is 16.5. The fraction of sp³-hybridized carbons (Fsp3) is 0.929. The second-order valence-corrected chi connectivity index (χ2v) is 5.59. The van der Waals surface area contributed by atoms with Gasteiger partial charge in [-0.05, 0) is 25.7 Å². The maximum Gasteiger partial charge on any atom is 0.329 e. The van der Waals surface area contributed by atoms with Gasteiger partial charge in [-0.15, -0.1) is 0 Å². The summed E-state index contributed by atoms with van der Waals surface area (Å²) in [5.74, 6) is -0.860. The van der Waals surface area contributed by atoms with Crippen molar-refractivity contribution in [1.29, 1.82) is 0 Å². The zero-order valence-corrected chi connectivity index (χ0v) is 11.1. The van der Waals surface area contributed by atoms with Crippen LogP contribution in [0.1, 0.15) is 51.4 Å². The van der Waals surface area contributed by atoms with E-state index in [2.05, 4.69) is 4.90 Å². The van der Waals surface area contributed by atoms with Gasteiger partial charge in [-0.3, -0.25) is 0 Å². The highest BCUT2D eigenvalue weighted by Gasteiger charge is 2.26. The lowest BCUT2D eigenvalue weighted by Crippen LogP contribution is -2.43. The third-order valence-corrected chi connectivity index (χ3v) is 4.26. The lowest BCUT2D eigenvalue weighted by Gasteiger charge is -2.37. The van der Waals surface area contributed by atoms with Crippen molar-refractivity contribution < 1.29 is 14.6 Å². The zero-order valence-electron chi connectivity index (χ0n) is 11.1. The SMILES string of the molecule is O=C(O)COC1CCN(C2CCCCCC2)CC1. The third kappa shape index (κ3) is 4.25. The van der Waals surface area contributed by atoms with Gasteiger partial charge in [-0.1, -0.05) is 25.7 Å². The van der Waals surface area contributed by atoms with E-state index < -0.39 is 5.97 Å². The molecular formula is C14H25NO3. The van der Waals surface area contributed by atoms with Gasteiger partial charge >= 0.3 is 5.97 Å². The molecule has 0 bridgehead atoms. The van der Waals surface area contributed by atoms with Gasteiger partial charge in [0.25, 0.3) is 0 Å². The fourth-order valence-corrected chi connectivity index (χ4v) is 3.22. The van der Waals surface area contributed by atoms with Crippen molar-refractivity contribution in [3.63, 3.8) is 0 Å². The van der Waals surface area contributed by atoms with E-state index in [-0.39, 0.29) is 12.7 Å². The number of carboxylic acids is 1. The zero-order chi connectivity index (χ0) is 12.8. The maximum atomic E-state index is 10.5. The van der Waals surface area contributed by atoms with Crippen LogP contribution in [-0.4, -0.2) is 47.8 Å². The molecule has 1 saturated carbocycles. The van der Waals surface area contributed by atoms with Crippen LogP contribution >= 0.6 is 0 Å². The van der Waals surface area contributed by atoms with Crippen molar-refractivity contribution in [2.45, 2.75) is 63.5 Å². The Labute approximate surface area is 109 Å². The van der Waals surface area contributed by atoms with Crippen molar-refractivity contribution in [2.24, 2.45) is 0 Å². The van der Waals surface area contributed by atoms with Crippen LogP contribution in [0.4, 0.5) is 0 Å². The summed E-state index contributed by atoms with van der Waals surface area (Å²) in [4.78, 5) is 13.1. The topological polar surface area (TPSA) is 49.8 Å². The first-order chi connectivity index (χ1) is 8.75. The van der Waals surface area contributed by atoms with Gasteiger partial charge in [0, 0.05) is 19.1 Å². The minimum absolute atomic E-state index is 0.145. The van der Waals surface area contributed by atoms with E-state index in [0.717, 1.165) is 32.0 Å². The predicted octanol–water partition coefficient (Wildman–Crippen LogP) is 2.27. The number of hydrogen-bond acceptors (Lipinski definition) is 3. The summed E-state index contributed by atoms with van der Waals surface area (Å²) in [5.41, 5.74) is 0. The van der Waals surface area contributed by atoms with E-state index in [1.165, 1.54) is 38.5 Å². The quantitative estimate of drug-likeness (QED) is 0.783. The lowest BCUT2D eigenvalue weighted by molar-refractivity contribution is -0.145. The van der Waals surface area contributed by atoms with Gasteiger partial charge in [0.1, 0.15) is 6.61 Å². The van der Waals surface area contributed by atoms with E-state index in [4.69, 9.17) is 9.84 Å². The van der Waals surface area contributed by atoms with Crippen LogP contribution in [0, 0.1) is 0 Å².